The van der Waals surface area contributed by atoms with Crippen LogP contribution in [0.2, 0.25) is 0 Å². The van der Waals surface area contributed by atoms with Gasteiger partial charge in [-0.1, -0.05) is 12.0 Å². The van der Waals surface area contributed by atoms with Crippen LogP contribution < -0.4 is 5.73 Å². The highest BCUT2D eigenvalue weighted by atomic mass is 19.4. The molecule has 1 saturated heterocycles. The monoisotopic (exact) mass is 412 g/mol. The van der Waals surface area contributed by atoms with E-state index < -0.39 is 54.6 Å². The molecule has 5 N–H and O–H groups in total. The quantitative estimate of drug-likeness (QED) is 0.493. The molecule has 2 heterocycles. The fourth-order valence-corrected chi connectivity index (χ4v) is 2.67. The topological polar surface area (TPSA) is 144 Å². The minimum atomic E-state index is -4.55. The maximum absolute atomic E-state index is 12.8. The van der Waals surface area contributed by atoms with Gasteiger partial charge in [0, 0.05) is 5.56 Å². The number of halogens is 3. The zero-order chi connectivity index (χ0) is 21.3. The zero-order valence-electron chi connectivity index (χ0n) is 14.5. The van der Waals surface area contributed by atoms with Gasteiger partial charge < -0.3 is 25.8 Å². The number of aliphatic hydroxyl groups excluding tert-OH is 3. The number of benzene rings is 1. The van der Waals surface area contributed by atoms with Crippen molar-refractivity contribution in [2.24, 2.45) is 5.73 Å². The minimum Gasteiger partial charge on any atom is -0.394 e. The Balaban J connectivity index is 1.99. The van der Waals surface area contributed by atoms with Gasteiger partial charge in [0.05, 0.1) is 12.2 Å². The van der Waals surface area contributed by atoms with Crippen molar-refractivity contribution in [2.45, 2.75) is 30.7 Å². The molecule has 1 aliphatic rings. The Kier molecular flexibility index (Phi) is 5.58. The maximum atomic E-state index is 12.8. The summed E-state index contributed by atoms with van der Waals surface area (Å²) in [6, 6.07) is 4.23. The summed E-state index contributed by atoms with van der Waals surface area (Å²) in [5, 5.41) is 33.0. The standard InChI is InChI=1S/C17H15F3N4O5/c18-17(19,20)9-3-1-2-8(6-9)4-5-11-22-15(14(21)28)23-24(11)16-13(27)12(26)10(7-25)29-16/h1-3,6,10,12-13,16,25-27H,7H2,(H2,21,28)/t10-,12-,13-,16-/m1/s1. The highest BCUT2D eigenvalue weighted by molar-refractivity contribution is 5.88. The number of ether oxygens (including phenoxy) is 1. The third-order valence-electron chi connectivity index (χ3n) is 4.12. The molecule has 3 rings (SSSR count). The van der Waals surface area contributed by atoms with E-state index in [1.165, 1.54) is 12.1 Å². The van der Waals surface area contributed by atoms with E-state index in [9.17, 15) is 33.3 Å². The van der Waals surface area contributed by atoms with E-state index >= 15 is 0 Å². The number of rotatable bonds is 3. The highest BCUT2D eigenvalue weighted by Gasteiger charge is 2.45. The normalized spacial score (nSPS) is 24.2. The van der Waals surface area contributed by atoms with Gasteiger partial charge in [-0.2, -0.15) is 18.2 Å². The summed E-state index contributed by atoms with van der Waals surface area (Å²) in [6.07, 6.45) is -10.0. The first-order valence-corrected chi connectivity index (χ1v) is 8.20. The van der Waals surface area contributed by atoms with Gasteiger partial charge in [-0.3, -0.25) is 4.79 Å². The SMILES string of the molecule is NC(=O)c1nc(C#Cc2cccc(C(F)(F)F)c2)n([C@@H]2O[C@H](CO)[C@@H](O)[C@H]2O)n1. The lowest BCUT2D eigenvalue weighted by Crippen LogP contribution is -2.33. The Morgan fingerprint density at radius 1 is 1.28 bits per heavy atom. The van der Waals surface area contributed by atoms with Gasteiger partial charge in [0.2, 0.25) is 11.6 Å². The molecule has 1 aliphatic heterocycles. The van der Waals surface area contributed by atoms with Crippen molar-refractivity contribution in [3.63, 3.8) is 0 Å². The van der Waals surface area contributed by atoms with Gasteiger partial charge in [-0.15, -0.1) is 5.10 Å². The maximum Gasteiger partial charge on any atom is 0.416 e. The fraction of sp³-hybridized carbons (Fsp3) is 0.353. The lowest BCUT2D eigenvalue weighted by Gasteiger charge is -2.15. The number of carbonyl (C=O) groups is 1. The number of alkyl halides is 3. The second-order valence-electron chi connectivity index (χ2n) is 6.13. The summed E-state index contributed by atoms with van der Waals surface area (Å²) in [5.74, 6) is 3.19. The molecular weight excluding hydrogens is 397 g/mol. The summed E-state index contributed by atoms with van der Waals surface area (Å²) in [4.78, 5) is 15.2. The molecule has 12 heteroatoms. The van der Waals surface area contributed by atoms with Crippen LogP contribution >= 0.6 is 0 Å². The van der Waals surface area contributed by atoms with Gasteiger partial charge in [0.25, 0.3) is 5.91 Å². The molecule has 9 nitrogen and oxygen atoms in total. The third-order valence-corrected chi connectivity index (χ3v) is 4.12. The molecule has 4 atom stereocenters. The molecule has 1 aromatic heterocycles. The Hall–Kier alpha value is -2.98. The van der Waals surface area contributed by atoms with Gasteiger partial charge in [0.1, 0.15) is 18.3 Å². The van der Waals surface area contributed by atoms with Crippen LogP contribution in [0.3, 0.4) is 0 Å². The minimum absolute atomic E-state index is 0.0103. The van der Waals surface area contributed by atoms with E-state index in [0.29, 0.717) is 0 Å². The van der Waals surface area contributed by atoms with Gasteiger partial charge in [0.15, 0.2) is 6.23 Å². The van der Waals surface area contributed by atoms with Crippen LogP contribution in [-0.2, 0) is 10.9 Å². The van der Waals surface area contributed by atoms with Crippen molar-refractivity contribution in [1.29, 1.82) is 0 Å². The molecular formula is C17H15F3N4O5. The predicted octanol–water partition coefficient (Wildman–Crippen LogP) is -0.593. The molecule has 0 bridgehead atoms. The van der Waals surface area contributed by atoms with Crippen molar-refractivity contribution in [2.75, 3.05) is 6.61 Å². The first-order chi connectivity index (χ1) is 13.6. The smallest absolute Gasteiger partial charge is 0.394 e. The Bertz CT molecular complexity index is 981. The number of aromatic nitrogens is 3. The summed E-state index contributed by atoms with van der Waals surface area (Å²) >= 11 is 0. The molecule has 1 amide bonds. The molecule has 0 unspecified atom stereocenters. The summed E-state index contributed by atoms with van der Waals surface area (Å²) in [6.45, 7) is -0.600. The van der Waals surface area contributed by atoms with Crippen LogP contribution in [0.5, 0.6) is 0 Å². The number of primary amides is 1. The molecule has 0 saturated carbocycles. The van der Waals surface area contributed by atoms with E-state index in [4.69, 9.17) is 10.5 Å². The molecule has 154 valence electrons. The largest absolute Gasteiger partial charge is 0.416 e. The summed E-state index contributed by atoms with van der Waals surface area (Å²) < 4.78 is 44.7. The Labute approximate surface area is 161 Å². The second-order valence-corrected chi connectivity index (χ2v) is 6.13. The average molecular weight is 412 g/mol. The zero-order valence-corrected chi connectivity index (χ0v) is 14.5. The van der Waals surface area contributed by atoms with Crippen molar-refractivity contribution >= 4 is 5.91 Å². The number of nitrogens with zero attached hydrogens (tertiary/aromatic N) is 3. The van der Waals surface area contributed by atoms with E-state index in [1.54, 1.807) is 0 Å². The Morgan fingerprint density at radius 3 is 2.59 bits per heavy atom. The van der Waals surface area contributed by atoms with Crippen molar-refractivity contribution < 1.29 is 38.0 Å². The highest BCUT2D eigenvalue weighted by Crippen LogP contribution is 2.30. The Morgan fingerprint density at radius 2 is 2.00 bits per heavy atom. The number of hydrogen-bond donors (Lipinski definition) is 4. The molecule has 2 aromatic rings. The molecule has 1 aromatic carbocycles. The van der Waals surface area contributed by atoms with E-state index in [1.807, 2.05) is 0 Å². The molecule has 1 fully saturated rings. The van der Waals surface area contributed by atoms with Crippen molar-refractivity contribution in [3.05, 3.63) is 47.0 Å². The number of hydrogen-bond acceptors (Lipinski definition) is 7. The van der Waals surface area contributed by atoms with Crippen molar-refractivity contribution in [1.82, 2.24) is 14.8 Å². The van der Waals surface area contributed by atoms with Gasteiger partial charge >= 0.3 is 6.18 Å². The first-order valence-electron chi connectivity index (χ1n) is 8.20. The number of amides is 1. The number of carbonyl (C=O) groups excluding carboxylic acids is 1. The third kappa shape index (κ3) is 4.22. The van der Waals surface area contributed by atoms with E-state index in [0.717, 1.165) is 16.8 Å². The van der Waals surface area contributed by atoms with Crippen LogP contribution in [0, 0.1) is 11.8 Å². The van der Waals surface area contributed by atoms with Crippen LogP contribution in [0.1, 0.15) is 33.8 Å². The predicted molar refractivity (Wildman–Crippen MR) is 89.0 cm³/mol. The number of nitrogens with two attached hydrogens (primary N) is 1. The molecule has 0 aliphatic carbocycles. The molecule has 0 radical (unpaired) electrons. The first kappa shape index (κ1) is 20.7. The molecule has 0 spiro atoms. The van der Waals surface area contributed by atoms with Crippen LogP contribution in [0.4, 0.5) is 13.2 Å². The van der Waals surface area contributed by atoms with E-state index in [-0.39, 0.29) is 11.4 Å². The summed E-state index contributed by atoms with van der Waals surface area (Å²) in [7, 11) is 0. The van der Waals surface area contributed by atoms with Gasteiger partial charge in [-0.05, 0) is 24.1 Å². The fourth-order valence-electron chi connectivity index (χ4n) is 2.67. The molecule has 29 heavy (non-hydrogen) atoms. The second kappa shape index (κ2) is 7.80. The lowest BCUT2D eigenvalue weighted by molar-refractivity contribution is -0.137. The average Bonchev–Trinajstić information content (AvgIpc) is 3.21. The summed E-state index contributed by atoms with van der Waals surface area (Å²) in [5.41, 5.74) is 4.26. The lowest BCUT2D eigenvalue weighted by atomic mass is 10.1. The van der Waals surface area contributed by atoms with Crippen LogP contribution in [0.15, 0.2) is 24.3 Å². The number of aliphatic hydroxyl groups is 3. The van der Waals surface area contributed by atoms with Gasteiger partial charge in [-0.25, -0.2) is 4.68 Å². The van der Waals surface area contributed by atoms with E-state index in [2.05, 4.69) is 21.9 Å². The van der Waals surface area contributed by atoms with Crippen molar-refractivity contribution in [3.8, 4) is 11.8 Å². The van der Waals surface area contributed by atoms with Crippen LogP contribution in [-0.4, -0.2) is 60.9 Å². The van der Waals surface area contributed by atoms with Crippen LogP contribution in [0.25, 0.3) is 0 Å².